The average molecular weight is 241 g/mol. The van der Waals surface area contributed by atoms with Crippen molar-refractivity contribution >= 4 is 16.1 Å². The molecule has 2 heteroatoms. The molecule has 0 rings (SSSR count). The Bertz CT molecular complexity index is 220. The van der Waals surface area contributed by atoms with Gasteiger partial charge in [0.2, 0.25) is 0 Å². The van der Waals surface area contributed by atoms with Gasteiger partial charge in [0.1, 0.15) is 0 Å². The predicted molar refractivity (Wildman–Crippen MR) is 77.9 cm³/mol. The smallest absolute Gasteiger partial charge is 0.0452 e. The van der Waals surface area contributed by atoms with Gasteiger partial charge in [-0.25, -0.2) is 0 Å². The van der Waals surface area contributed by atoms with Gasteiger partial charge >= 0.3 is 0 Å². The van der Waals surface area contributed by atoms with E-state index in [0.29, 0.717) is 0 Å². The van der Waals surface area contributed by atoms with Crippen LogP contribution < -0.4 is 0 Å². The molecule has 0 amide bonds. The minimum Gasteiger partial charge on any atom is -0.104 e. The van der Waals surface area contributed by atoms with E-state index in [1.165, 1.54) is 18.5 Å². The highest BCUT2D eigenvalue weighted by atomic mass is 28.3. The van der Waals surface area contributed by atoms with Crippen LogP contribution >= 0.6 is 0 Å². The van der Waals surface area contributed by atoms with Gasteiger partial charge in [-0.2, -0.15) is 0 Å². The highest BCUT2D eigenvalue weighted by molar-refractivity contribution is 6.76. The van der Waals surface area contributed by atoms with E-state index in [0.717, 1.165) is 12.8 Å². The fourth-order valence-corrected chi connectivity index (χ4v) is 3.43. The molecule has 0 bridgehead atoms. The minimum absolute atomic E-state index is 0.817. The van der Waals surface area contributed by atoms with Gasteiger partial charge in [0.15, 0.2) is 0 Å². The third kappa shape index (κ3) is 14.0. The molecule has 0 saturated carbocycles. The SMILES string of the molecule is C[Si](C)(C)CCC#CCCC[Si](C)(C)C. The van der Waals surface area contributed by atoms with Gasteiger partial charge in [0.25, 0.3) is 0 Å². The minimum atomic E-state index is -0.851. The summed E-state index contributed by atoms with van der Waals surface area (Å²) < 4.78 is 0. The van der Waals surface area contributed by atoms with E-state index in [9.17, 15) is 0 Å². The van der Waals surface area contributed by atoms with E-state index < -0.39 is 16.1 Å². The van der Waals surface area contributed by atoms with E-state index >= 15 is 0 Å². The van der Waals surface area contributed by atoms with Crippen LogP contribution in [0.1, 0.15) is 19.3 Å². The molecule has 0 aliphatic carbocycles. The molecule has 0 saturated heterocycles. The van der Waals surface area contributed by atoms with Crippen molar-refractivity contribution < 1.29 is 0 Å². The first-order valence-corrected chi connectivity index (χ1v) is 13.6. The molecule has 0 aromatic heterocycles. The predicted octanol–water partition coefficient (Wildman–Crippen LogP) is 4.84. The van der Waals surface area contributed by atoms with Crippen molar-refractivity contribution in [3.8, 4) is 11.8 Å². The molecule has 0 aromatic rings. The molecule has 0 unspecified atom stereocenters. The van der Waals surface area contributed by atoms with Crippen LogP contribution in [0.5, 0.6) is 0 Å². The van der Waals surface area contributed by atoms with Crippen LogP contribution in [0.2, 0.25) is 51.4 Å². The molecule has 0 aliphatic rings. The molecule has 0 radical (unpaired) electrons. The maximum absolute atomic E-state index is 3.33. The molecule has 0 aromatic carbocycles. The monoisotopic (exact) mass is 240 g/mol. The average Bonchev–Trinajstić information content (AvgIpc) is 1.98. The Morgan fingerprint density at radius 3 is 1.60 bits per heavy atom. The summed E-state index contributed by atoms with van der Waals surface area (Å²) in [5.74, 6) is 6.65. The summed E-state index contributed by atoms with van der Waals surface area (Å²) in [6.07, 6.45) is 3.56. The van der Waals surface area contributed by atoms with Crippen LogP contribution in [0.25, 0.3) is 0 Å². The normalized spacial score (nSPS) is 12.1. The largest absolute Gasteiger partial charge is 0.104 e. The quantitative estimate of drug-likeness (QED) is 0.366. The zero-order valence-corrected chi connectivity index (χ0v) is 13.5. The topological polar surface area (TPSA) is 0 Å². The third-order valence-electron chi connectivity index (χ3n) is 2.35. The molecule has 88 valence electrons. The molecule has 0 aliphatic heterocycles. The van der Waals surface area contributed by atoms with Gasteiger partial charge in [-0.15, -0.1) is 11.8 Å². The van der Waals surface area contributed by atoms with Crippen LogP contribution in [0.4, 0.5) is 0 Å². The number of hydrogen-bond acceptors (Lipinski definition) is 0. The van der Waals surface area contributed by atoms with Crippen molar-refractivity contribution in [1.82, 2.24) is 0 Å². The summed E-state index contributed by atoms with van der Waals surface area (Å²) in [7, 11) is -1.67. The van der Waals surface area contributed by atoms with Gasteiger partial charge in [0, 0.05) is 29.0 Å². The summed E-state index contributed by atoms with van der Waals surface area (Å²) in [6, 6.07) is 2.78. The molecule has 0 fully saturated rings. The Morgan fingerprint density at radius 1 is 0.667 bits per heavy atom. The molecular weight excluding hydrogens is 212 g/mol. The van der Waals surface area contributed by atoms with Crippen molar-refractivity contribution in [1.29, 1.82) is 0 Å². The molecule has 0 atom stereocenters. The molecule has 0 N–H and O–H groups in total. The summed E-state index contributed by atoms with van der Waals surface area (Å²) in [5, 5.41) is 0. The van der Waals surface area contributed by atoms with E-state index in [-0.39, 0.29) is 0 Å². The lowest BCUT2D eigenvalue weighted by molar-refractivity contribution is 0.954. The maximum atomic E-state index is 3.33. The zero-order valence-electron chi connectivity index (χ0n) is 11.5. The molecule has 0 heterocycles. The first-order valence-electron chi connectivity index (χ1n) is 6.16. The lowest BCUT2D eigenvalue weighted by Crippen LogP contribution is -2.18. The Labute approximate surface area is 98.9 Å². The van der Waals surface area contributed by atoms with Gasteiger partial charge in [-0.05, 0) is 12.5 Å². The first kappa shape index (κ1) is 15.0. The molecular formula is C13H28Si2. The summed E-state index contributed by atoms with van der Waals surface area (Å²) in [5.41, 5.74) is 0. The highest BCUT2D eigenvalue weighted by Crippen LogP contribution is 2.12. The van der Waals surface area contributed by atoms with Crippen molar-refractivity contribution in [2.45, 2.75) is 70.6 Å². The number of unbranched alkanes of at least 4 members (excludes halogenated alkanes) is 1. The van der Waals surface area contributed by atoms with E-state index in [4.69, 9.17) is 0 Å². The highest BCUT2D eigenvalue weighted by Gasteiger charge is 2.11. The Kier molecular flexibility index (Phi) is 6.55. The third-order valence-corrected chi connectivity index (χ3v) is 5.96. The van der Waals surface area contributed by atoms with Gasteiger partial charge in [-0.1, -0.05) is 45.3 Å². The summed E-state index contributed by atoms with van der Waals surface area (Å²) in [4.78, 5) is 0. The van der Waals surface area contributed by atoms with E-state index in [2.05, 4.69) is 51.1 Å². The second kappa shape index (κ2) is 6.55. The second-order valence-corrected chi connectivity index (χ2v) is 18.1. The van der Waals surface area contributed by atoms with Gasteiger partial charge in [0.05, 0.1) is 0 Å². The van der Waals surface area contributed by atoms with E-state index in [1.54, 1.807) is 0 Å². The van der Waals surface area contributed by atoms with Gasteiger partial charge in [-0.3, -0.25) is 0 Å². The maximum Gasteiger partial charge on any atom is 0.0452 e. The number of hydrogen-bond donors (Lipinski definition) is 0. The van der Waals surface area contributed by atoms with Crippen LogP contribution in [0.3, 0.4) is 0 Å². The fourth-order valence-electron chi connectivity index (χ4n) is 1.32. The number of rotatable bonds is 5. The fraction of sp³-hybridized carbons (Fsp3) is 0.846. The summed E-state index contributed by atoms with van der Waals surface area (Å²) >= 11 is 0. The Hall–Kier alpha value is -0.00623. The lowest BCUT2D eigenvalue weighted by atomic mass is 10.3. The van der Waals surface area contributed by atoms with Crippen LogP contribution in [0.15, 0.2) is 0 Å². The Balaban J connectivity index is 3.49. The van der Waals surface area contributed by atoms with Crippen molar-refractivity contribution in [3.05, 3.63) is 0 Å². The Morgan fingerprint density at radius 2 is 1.13 bits per heavy atom. The zero-order chi connectivity index (χ0) is 11.9. The summed E-state index contributed by atoms with van der Waals surface area (Å²) in [6.45, 7) is 14.6. The standard InChI is InChI=1S/C13H28Si2/c1-14(2,3)12-10-8-7-9-11-13-15(4,5)6/h8,10-13H2,1-6H3. The van der Waals surface area contributed by atoms with Crippen LogP contribution in [-0.2, 0) is 0 Å². The van der Waals surface area contributed by atoms with E-state index in [1.807, 2.05) is 0 Å². The van der Waals surface area contributed by atoms with Crippen molar-refractivity contribution in [2.75, 3.05) is 0 Å². The first-order chi connectivity index (χ1) is 6.71. The molecule has 15 heavy (non-hydrogen) atoms. The van der Waals surface area contributed by atoms with Crippen LogP contribution in [-0.4, -0.2) is 16.1 Å². The van der Waals surface area contributed by atoms with Crippen LogP contribution in [0, 0.1) is 11.8 Å². The second-order valence-electron chi connectivity index (χ2n) is 6.83. The van der Waals surface area contributed by atoms with Gasteiger partial charge < -0.3 is 0 Å². The lowest BCUT2D eigenvalue weighted by Gasteiger charge is -2.13. The molecule has 0 spiro atoms. The molecule has 0 nitrogen and oxygen atoms in total. The van der Waals surface area contributed by atoms with Crippen molar-refractivity contribution in [2.24, 2.45) is 0 Å². The van der Waals surface area contributed by atoms with Crippen molar-refractivity contribution in [3.63, 3.8) is 0 Å².